The lowest BCUT2D eigenvalue weighted by Gasteiger charge is -2.26. The Kier molecular flexibility index (Phi) is 6.70. The van der Waals surface area contributed by atoms with Crippen LogP contribution in [0, 0.1) is 0 Å². The van der Waals surface area contributed by atoms with Crippen LogP contribution in [0.15, 0.2) is 36.4 Å². The second kappa shape index (κ2) is 9.47. The van der Waals surface area contributed by atoms with Gasteiger partial charge in [0.15, 0.2) is 0 Å². The van der Waals surface area contributed by atoms with E-state index in [1.807, 2.05) is 4.90 Å². The van der Waals surface area contributed by atoms with Crippen molar-refractivity contribution in [2.45, 2.75) is 31.8 Å². The van der Waals surface area contributed by atoms with Gasteiger partial charge in [-0.15, -0.1) is 0 Å². The minimum atomic E-state index is -0.261. The summed E-state index contributed by atoms with van der Waals surface area (Å²) in [7, 11) is 2.18. The largest absolute Gasteiger partial charge is 0.507 e. The van der Waals surface area contributed by atoms with E-state index in [9.17, 15) is 15.0 Å². The summed E-state index contributed by atoms with van der Waals surface area (Å²) in [4.78, 5) is 19.9. The topological polar surface area (TPSA) is 67.2 Å². The van der Waals surface area contributed by atoms with Crippen molar-refractivity contribution in [2.24, 2.45) is 0 Å². The third kappa shape index (κ3) is 4.97. The number of likely N-dealkylation sites (N-methyl/N-ethyl adjacent to an activating group) is 1. The van der Waals surface area contributed by atoms with Crippen LogP contribution in [0.5, 0.6) is 11.5 Å². The molecule has 1 atom stereocenters. The highest BCUT2D eigenvalue weighted by Gasteiger charge is 2.32. The Morgan fingerprint density at radius 3 is 2.71 bits per heavy atom. The van der Waals surface area contributed by atoms with Crippen LogP contribution in [0.3, 0.4) is 0 Å². The summed E-state index contributed by atoms with van der Waals surface area (Å²) >= 11 is 5.98. The second-order valence-corrected chi connectivity index (χ2v) is 9.06. The highest BCUT2D eigenvalue weighted by Crippen LogP contribution is 2.37. The van der Waals surface area contributed by atoms with Gasteiger partial charge in [0.1, 0.15) is 11.5 Å². The summed E-state index contributed by atoms with van der Waals surface area (Å²) in [6.45, 7) is 5.94. The number of amides is 1. The molecule has 2 saturated heterocycles. The number of hydrogen-bond donors (Lipinski definition) is 2. The molecule has 2 aliphatic rings. The quantitative estimate of drug-likeness (QED) is 0.750. The van der Waals surface area contributed by atoms with Crippen LogP contribution in [0.25, 0.3) is 0 Å². The number of phenols is 2. The zero-order valence-corrected chi connectivity index (χ0v) is 18.7. The molecule has 31 heavy (non-hydrogen) atoms. The first-order chi connectivity index (χ1) is 14.9. The van der Waals surface area contributed by atoms with E-state index >= 15 is 0 Å². The number of likely N-dealkylation sites (tertiary alicyclic amines) is 1. The average molecular weight is 444 g/mol. The fourth-order valence-corrected chi connectivity index (χ4v) is 4.81. The summed E-state index contributed by atoms with van der Waals surface area (Å²) in [6, 6.07) is 11.0. The summed E-state index contributed by atoms with van der Waals surface area (Å²) in [5, 5.41) is 19.9. The van der Waals surface area contributed by atoms with Crippen molar-refractivity contribution in [3.63, 3.8) is 0 Å². The lowest BCUT2D eigenvalue weighted by atomic mass is 10.0. The number of nitrogens with zero attached hydrogens (tertiary/aromatic N) is 3. The van der Waals surface area contributed by atoms with Crippen LogP contribution in [0.4, 0.5) is 0 Å². The summed E-state index contributed by atoms with van der Waals surface area (Å²) in [5.74, 6) is -0.749. The minimum Gasteiger partial charge on any atom is -0.507 e. The molecule has 4 rings (SSSR count). The predicted octanol–water partition coefficient (Wildman–Crippen LogP) is 3.87. The molecule has 0 aromatic heterocycles. The van der Waals surface area contributed by atoms with Crippen molar-refractivity contribution < 1.29 is 15.0 Å². The number of phenolic OH excluding ortho intramolecular Hbond substituents is 2. The second-order valence-electron chi connectivity index (χ2n) is 8.66. The van der Waals surface area contributed by atoms with E-state index in [1.165, 1.54) is 18.1 Å². The van der Waals surface area contributed by atoms with Crippen molar-refractivity contribution >= 4 is 17.5 Å². The van der Waals surface area contributed by atoms with Gasteiger partial charge in [0, 0.05) is 32.2 Å². The number of halogens is 1. The van der Waals surface area contributed by atoms with Crippen molar-refractivity contribution in [1.29, 1.82) is 0 Å². The van der Waals surface area contributed by atoms with Gasteiger partial charge in [0.05, 0.1) is 16.6 Å². The Labute approximate surface area is 188 Å². The molecule has 0 saturated carbocycles. The Morgan fingerprint density at radius 2 is 1.87 bits per heavy atom. The normalized spacial score (nSPS) is 20.7. The lowest BCUT2D eigenvalue weighted by molar-refractivity contribution is 0.0732. The molecular formula is C24H30ClN3O3. The molecule has 2 fully saturated rings. The van der Waals surface area contributed by atoms with Gasteiger partial charge in [-0.1, -0.05) is 35.9 Å². The Bertz CT molecular complexity index is 952. The van der Waals surface area contributed by atoms with Crippen LogP contribution in [-0.2, 0) is 6.54 Å². The van der Waals surface area contributed by atoms with E-state index in [2.05, 4.69) is 41.1 Å². The number of carbonyl (C=O) groups excluding carboxylic acids is 1. The monoisotopic (exact) mass is 443 g/mol. The highest BCUT2D eigenvalue weighted by atomic mass is 35.5. The van der Waals surface area contributed by atoms with E-state index in [4.69, 9.17) is 11.6 Å². The standard InChI is InChI=1S/C24H30ClN3O3/c1-26-8-4-9-27(12-11-26)16-17-5-2-6-18(13-17)21-7-3-10-28(21)24(31)19-14-20(25)23(30)15-22(19)29/h2,5-6,13-15,21,29-30H,3-4,7-12,16H2,1H3. The van der Waals surface area contributed by atoms with Gasteiger partial charge in [-0.2, -0.15) is 0 Å². The van der Waals surface area contributed by atoms with Crippen LogP contribution < -0.4 is 0 Å². The first-order valence-corrected chi connectivity index (χ1v) is 11.3. The first-order valence-electron chi connectivity index (χ1n) is 10.9. The first kappa shape index (κ1) is 21.9. The van der Waals surface area contributed by atoms with E-state index in [-0.39, 0.29) is 34.0 Å². The number of rotatable bonds is 4. The molecule has 2 aromatic rings. The SMILES string of the molecule is CN1CCCN(Cc2cccc(C3CCCN3C(=O)c3cc(Cl)c(O)cc3O)c2)CC1. The molecule has 2 heterocycles. The van der Waals surface area contributed by atoms with Gasteiger partial charge in [0.2, 0.25) is 0 Å². The molecule has 0 aliphatic carbocycles. The fourth-order valence-electron chi connectivity index (χ4n) is 4.65. The zero-order chi connectivity index (χ0) is 22.0. The molecule has 2 aromatic carbocycles. The summed E-state index contributed by atoms with van der Waals surface area (Å²) < 4.78 is 0. The Morgan fingerprint density at radius 1 is 1.03 bits per heavy atom. The summed E-state index contributed by atoms with van der Waals surface area (Å²) in [6.07, 6.45) is 2.97. The molecule has 1 amide bonds. The summed E-state index contributed by atoms with van der Waals surface area (Å²) in [5.41, 5.74) is 2.51. The molecular weight excluding hydrogens is 414 g/mol. The number of benzene rings is 2. The van der Waals surface area contributed by atoms with Crippen LogP contribution in [-0.4, -0.2) is 70.6 Å². The molecule has 0 radical (unpaired) electrons. The maximum absolute atomic E-state index is 13.2. The molecule has 0 bridgehead atoms. The van der Waals surface area contributed by atoms with Gasteiger partial charge in [-0.3, -0.25) is 9.69 Å². The molecule has 6 nitrogen and oxygen atoms in total. The molecule has 2 N–H and O–H groups in total. The van der Waals surface area contributed by atoms with Crippen molar-refractivity contribution in [1.82, 2.24) is 14.7 Å². The lowest BCUT2D eigenvalue weighted by Crippen LogP contribution is -2.31. The zero-order valence-electron chi connectivity index (χ0n) is 17.9. The smallest absolute Gasteiger partial charge is 0.258 e. The third-order valence-corrected chi connectivity index (χ3v) is 6.67. The predicted molar refractivity (Wildman–Crippen MR) is 122 cm³/mol. The Hall–Kier alpha value is -2.28. The average Bonchev–Trinajstić information content (AvgIpc) is 3.15. The maximum atomic E-state index is 13.2. The van der Waals surface area contributed by atoms with Crippen LogP contribution in [0.2, 0.25) is 5.02 Å². The van der Waals surface area contributed by atoms with E-state index < -0.39 is 0 Å². The highest BCUT2D eigenvalue weighted by molar-refractivity contribution is 6.32. The van der Waals surface area contributed by atoms with Crippen LogP contribution in [0.1, 0.15) is 46.8 Å². The number of hydrogen-bond acceptors (Lipinski definition) is 5. The van der Waals surface area contributed by atoms with Crippen molar-refractivity contribution in [3.05, 3.63) is 58.1 Å². The Balaban J connectivity index is 1.52. The molecule has 7 heteroatoms. The van der Waals surface area contributed by atoms with Crippen LogP contribution >= 0.6 is 11.6 Å². The van der Waals surface area contributed by atoms with Gasteiger partial charge in [0.25, 0.3) is 5.91 Å². The molecule has 166 valence electrons. The fraction of sp³-hybridized carbons (Fsp3) is 0.458. The molecule has 2 aliphatic heterocycles. The van der Waals surface area contributed by atoms with Gasteiger partial charge in [-0.25, -0.2) is 0 Å². The van der Waals surface area contributed by atoms with E-state index in [0.717, 1.165) is 57.2 Å². The maximum Gasteiger partial charge on any atom is 0.258 e. The van der Waals surface area contributed by atoms with Gasteiger partial charge < -0.3 is 20.0 Å². The van der Waals surface area contributed by atoms with Gasteiger partial charge in [-0.05, 0) is 56.6 Å². The third-order valence-electron chi connectivity index (χ3n) is 6.36. The number of aromatic hydroxyl groups is 2. The van der Waals surface area contributed by atoms with E-state index in [0.29, 0.717) is 6.54 Å². The molecule has 0 spiro atoms. The minimum absolute atomic E-state index is 0.0327. The van der Waals surface area contributed by atoms with Crippen molar-refractivity contribution in [3.8, 4) is 11.5 Å². The number of carbonyl (C=O) groups is 1. The van der Waals surface area contributed by atoms with Gasteiger partial charge >= 0.3 is 0 Å². The molecule has 1 unspecified atom stereocenters. The van der Waals surface area contributed by atoms with Crippen molar-refractivity contribution in [2.75, 3.05) is 39.8 Å². The van der Waals surface area contributed by atoms with E-state index in [1.54, 1.807) is 0 Å².